The van der Waals surface area contributed by atoms with Gasteiger partial charge in [0, 0.05) is 18.6 Å². The van der Waals surface area contributed by atoms with Crippen LogP contribution in [0, 0.1) is 0 Å². The largest absolute Gasteiger partial charge is 0.347 e. The summed E-state index contributed by atoms with van der Waals surface area (Å²) in [4.78, 5) is 13.1. The summed E-state index contributed by atoms with van der Waals surface area (Å²) in [6.07, 6.45) is 0. The molecule has 0 saturated carbocycles. The van der Waals surface area contributed by atoms with Gasteiger partial charge in [0.2, 0.25) is 0 Å². The molecule has 1 heterocycles. The molecule has 0 radical (unpaired) electrons. The molecule has 0 aliphatic rings. The van der Waals surface area contributed by atoms with E-state index < -0.39 is 10.0 Å². The molecule has 8 heteroatoms. The lowest BCUT2D eigenvalue weighted by atomic mass is 10.2. The summed E-state index contributed by atoms with van der Waals surface area (Å²) < 4.78 is 26.7. The van der Waals surface area contributed by atoms with Crippen molar-refractivity contribution < 1.29 is 13.2 Å². The highest BCUT2D eigenvalue weighted by Crippen LogP contribution is 2.30. The smallest absolute Gasteiger partial charge is 0.264 e. The van der Waals surface area contributed by atoms with Crippen LogP contribution in [0.15, 0.2) is 70.9 Å². The summed E-state index contributed by atoms with van der Waals surface area (Å²) in [5.41, 5.74) is 1.12. The first-order chi connectivity index (χ1) is 12.9. The molecule has 0 bridgehead atoms. The first kappa shape index (κ1) is 19.4. The monoisotopic (exact) mass is 420 g/mol. The van der Waals surface area contributed by atoms with Crippen LogP contribution in [0.3, 0.4) is 0 Å². The average molecular weight is 421 g/mol. The number of sulfonamides is 1. The molecule has 0 aliphatic heterocycles. The molecule has 0 aliphatic carbocycles. The summed E-state index contributed by atoms with van der Waals surface area (Å²) in [5, 5.41) is 5.05. The number of thiophene rings is 1. The van der Waals surface area contributed by atoms with Crippen molar-refractivity contribution in [3.8, 4) is 0 Å². The van der Waals surface area contributed by atoms with Crippen molar-refractivity contribution >= 4 is 44.6 Å². The van der Waals surface area contributed by atoms with Crippen LogP contribution >= 0.6 is 22.9 Å². The number of hydrogen-bond acceptors (Lipinski definition) is 4. The van der Waals surface area contributed by atoms with Crippen molar-refractivity contribution in [2.24, 2.45) is 0 Å². The Morgan fingerprint density at radius 1 is 1.07 bits per heavy atom. The molecule has 1 aromatic heterocycles. The zero-order valence-corrected chi connectivity index (χ0v) is 16.8. The van der Waals surface area contributed by atoms with Crippen LogP contribution < -0.4 is 9.62 Å². The number of amides is 1. The molecule has 2 aromatic carbocycles. The molecular weight excluding hydrogens is 404 g/mol. The van der Waals surface area contributed by atoms with E-state index in [-0.39, 0.29) is 17.3 Å². The fourth-order valence-corrected chi connectivity index (χ4v) is 4.82. The lowest BCUT2D eigenvalue weighted by Gasteiger charge is -2.19. The first-order valence-corrected chi connectivity index (χ1v) is 10.7. The molecule has 0 atom stereocenters. The van der Waals surface area contributed by atoms with Crippen LogP contribution in [-0.2, 0) is 16.6 Å². The Labute approximate surface area is 167 Å². The van der Waals surface area contributed by atoms with Crippen LogP contribution in [0.4, 0.5) is 5.69 Å². The summed E-state index contributed by atoms with van der Waals surface area (Å²) >= 11 is 7.29. The van der Waals surface area contributed by atoms with Gasteiger partial charge >= 0.3 is 0 Å². The molecule has 0 fully saturated rings. The zero-order valence-electron chi connectivity index (χ0n) is 14.4. The predicted octanol–water partition coefficient (Wildman–Crippen LogP) is 4.16. The number of anilines is 1. The summed E-state index contributed by atoms with van der Waals surface area (Å²) in [7, 11) is -2.31. The number of nitrogens with zero attached hydrogens (tertiary/aromatic N) is 1. The highest BCUT2D eigenvalue weighted by Gasteiger charge is 2.26. The lowest BCUT2D eigenvalue weighted by molar-refractivity contribution is 0.0955. The van der Waals surface area contributed by atoms with Crippen LogP contribution in [0.25, 0.3) is 0 Å². The second kappa shape index (κ2) is 8.12. The molecule has 0 saturated heterocycles. The molecule has 27 heavy (non-hydrogen) atoms. The lowest BCUT2D eigenvalue weighted by Crippen LogP contribution is -2.29. The third-order valence-corrected chi connectivity index (χ3v) is 7.05. The van der Waals surface area contributed by atoms with E-state index in [4.69, 9.17) is 11.6 Å². The van der Waals surface area contributed by atoms with Crippen LogP contribution in [0.5, 0.6) is 0 Å². The molecular formula is C19H17ClN2O3S2. The van der Waals surface area contributed by atoms with E-state index in [1.54, 1.807) is 35.7 Å². The minimum absolute atomic E-state index is 0.168. The number of carbonyl (C=O) groups is 1. The molecule has 1 amide bonds. The number of nitrogens with one attached hydrogen (secondary N) is 1. The SMILES string of the molecule is CN(c1ccsc1C(=O)NCc1ccccc1Cl)S(=O)(=O)c1ccccc1. The maximum Gasteiger partial charge on any atom is 0.264 e. The molecule has 0 unspecified atom stereocenters. The second-order valence-electron chi connectivity index (χ2n) is 5.69. The van der Waals surface area contributed by atoms with E-state index >= 15 is 0 Å². The van der Waals surface area contributed by atoms with E-state index in [1.807, 2.05) is 18.2 Å². The summed E-state index contributed by atoms with van der Waals surface area (Å²) in [6.45, 7) is 0.255. The maximum atomic E-state index is 12.8. The Balaban J connectivity index is 1.81. The molecule has 3 aromatic rings. The predicted molar refractivity (Wildman–Crippen MR) is 109 cm³/mol. The van der Waals surface area contributed by atoms with Gasteiger partial charge in [-0.25, -0.2) is 8.42 Å². The Morgan fingerprint density at radius 3 is 2.44 bits per heavy atom. The van der Waals surface area contributed by atoms with Gasteiger partial charge < -0.3 is 5.32 Å². The van der Waals surface area contributed by atoms with Crippen molar-refractivity contribution in [1.82, 2.24) is 5.32 Å². The van der Waals surface area contributed by atoms with Gasteiger partial charge in [-0.15, -0.1) is 11.3 Å². The number of carbonyl (C=O) groups excluding carboxylic acids is 1. The molecule has 0 spiro atoms. The van der Waals surface area contributed by atoms with Crippen molar-refractivity contribution in [1.29, 1.82) is 0 Å². The van der Waals surface area contributed by atoms with Gasteiger partial charge in [0.25, 0.3) is 15.9 Å². The van der Waals surface area contributed by atoms with Gasteiger partial charge in [-0.3, -0.25) is 9.10 Å². The average Bonchev–Trinajstić information content (AvgIpc) is 3.17. The molecule has 1 N–H and O–H groups in total. The Hall–Kier alpha value is -2.35. The van der Waals surface area contributed by atoms with E-state index in [9.17, 15) is 13.2 Å². The van der Waals surface area contributed by atoms with Crippen molar-refractivity contribution in [2.75, 3.05) is 11.4 Å². The zero-order chi connectivity index (χ0) is 19.4. The van der Waals surface area contributed by atoms with Gasteiger partial charge in [0.15, 0.2) is 0 Å². The molecule has 3 rings (SSSR count). The van der Waals surface area contributed by atoms with E-state index in [0.717, 1.165) is 9.87 Å². The summed E-state index contributed by atoms with van der Waals surface area (Å²) in [5.74, 6) is -0.352. The molecule has 5 nitrogen and oxygen atoms in total. The second-order valence-corrected chi connectivity index (χ2v) is 8.99. The fourth-order valence-electron chi connectivity index (χ4n) is 2.50. The minimum Gasteiger partial charge on any atom is -0.347 e. The van der Waals surface area contributed by atoms with Crippen molar-refractivity contribution in [3.05, 3.63) is 81.5 Å². The van der Waals surface area contributed by atoms with Crippen molar-refractivity contribution in [2.45, 2.75) is 11.4 Å². The number of rotatable bonds is 6. The third-order valence-electron chi connectivity index (χ3n) is 3.99. The van der Waals surface area contributed by atoms with E-state index in [0.29, 0.717) is 15.6 Å². The number of hydrogen-bond donors (Lipinski definition) is 1. The van der Waals surface area contributed by atoms with Crippen LogP contribution in [0.1, 0.15) is 15.2 Å². The Bertz CT molecular complexity index is 1050. The van der Waals surface area contributed by atoms with Crippen molar-refractivity contribution in [3.63, 3.8) is 0 Å². The van der Waals surface area contributed by atoms with E-state index in [2.05, 4.69) is 5.32 Å². The van der Waals surface area contributed by atoms with Crippen LogP contribution in [-0.4, -0.2) is 21.4 Å². The Kier molecular flexibility index (Phi) is 5.84. The third kappa shape index (κ3) is 4.16. The minimum atomic E-state index is -3.75. The van der Waals surface area contributed by atoms with Gasteiger partial charge in [-0.2, -0.15) is 0 Å². The topological polar surface area (TPSA) is 66.5 Å². The number of halogens is 1. The Morgan fingerprint density at radius 2 is 1.74 bits per heavy atom. The standard InChI is InChI=1S/C19H17ClN2O3S2/c1-22(27(24,25)15-8-3-2-4-9-15)17-11-12-26-18(17)19(23)21-13-14-7-5-6-10-16(14)20/h2-12H,13H2,1H3,(H,21,23). The van der Waals surface area contributed by atoms with Gasteiger partial charge in [0.1, 0.15) is 4.88 Å². The van der Waals surface area contributed by atoms with Gasteiger partial charge in [-0.1, -0.05) is 48.0 Å². The summed E-state index contributed by atoms with van der Waals surface area (Å²) in [6, 6.07) is 17.0. The highest BCUT2D eigenvalue weighted by molar-refractivity contribution is 7.92. The van der Waals surface area contributed by atoms with E-state index in [1.165, 1.54) is 30.5 Å². The first-order valence-electron chi connectivity index (χ1n) is 8.04. The van der Waals surface area contributed by atoms with Gasteiger partial charge in [-0.05, 0) is 35.2 Å². The highest BCUT2D eigenvalue weighted by atomic mass is 35.5. The van der Waals surface area contributed by atoms with Gasteiger partial charge in [0.05, 0.1) is 10.6 Å². The number of benzene rings is 2. The normalized spacial score (nSPS) is 11.2. The maximum absolute atomic E-state index is 12.8. The quantitative estimate of drug-likeness (QED) is 0.651. The fraction of sp³-hybridized carbons (Fsp3) is 0.105. The molecule has 140 valence electrons. The van der Waals surface area contributed by atoms with Crippen LogP contribution in [0.2, 0.25) is 5.02 Å².